The molecule has 0 bridgehead atoms. The minimum absolute atomic E-state index is 0.142. The summed E-state index contributed by atoms with van der Waals surface area (Å²) in [6.07, 6.45) is -1.31. The second-order valence-electron chi connectivity index (χ2n) is 12.9. The van der Waals surface area contributed by atoms with Gasteiger partial charge in [0.25, 0.3) is 0 Å². The first kappa shape index (κ1) is 35.8. The molecule has 0 aliphatic heterocycles. The van der Waals surface area contributed by atoms with Crippen LogP contribution in [0.4, 0.5) is 4.79 Å². The van der Waals surface area contributed by atoms with E-state index < -0.39 is 65.5 Å². The van der Waals surface area contributed by atoms with Crippen molar-refractivity contribution < 1.29 is 33.4 Å². The summed E-state index contributed by atoms with van der Waals surface area (Å²) in [4.78, 5) is 66.9. The standard InChI is InChI=1S/C33H46N4O7/c1-20-15-16-23(21(2)17-20)27(37(9)29(40)24(19-26(34)38)36-31(42)44-33(6,7)8)28(39)35-25(30(41)43-32(3,4)5)18-22-13-11-10-12-14-22/h10-17,24-25,27H,18-19H2,1-9H3,(H2,34,38)(H,35,39)(H,36,42). The number of alkyl carbamates (subject to hydrolysis) is 1. The van der Waals surface area contributed by atoms with Crippen molar-refractivity contribution in [3.63, 3.8) is 0 Å². The molecular formula is C33H46N4O7. The maximum absolute atomic E-state index is 14.1. The molecule has 44 heavy (non-hydrogen) atoms. The van der Waals surface area contributed by atoms with Crippen LogP contribution in [0.1, 0.15) is 76.3 Å². The summed E-state index contributed by atoms with van der Waals surface area (Å²) in [7, 11) is 1.39. The largest absolute Gasteiger partial charge is 0.458 e. The number of carbonyl (C=O) groups excluding carboxylic acids is 5. The highest BCUT2D eigenvalue weighted by Gasteiger charge is 2.37. The minimum atomic E-state index is -1.42. The lowest BCUT2D eigenvalue weighted by Crippen LogP contribution is -2.54. The zero-order chi connectivity index (χ0) is 33.4. The Balaban J connectivity index is 2.52. The molecule has 2 rings (SSSR count). The fourth-order valence-corrected chi connectivity index (χ4v) is 4.55. The van der Waals surface area contributed by atoms with Crippen molar-refractivity contribution in [1.82, 2.24) is 15.5 Å². The fourth-order valence-electron chi connectivity index (χ4n) is 4.55. The number of ether oxygens (including phenoxy) is 2. The molecule has 3 atom stereocenters. The number of carbonyl (C=O) groups is 5. The number of nitrogens with one attached hydrogen (secondary N) is 2. The Hall–Kier alpha value is -4.41. The molecule has 3 unspecified atom stereocenters. The molecule has 0 radical (unpaired) electrons. The maximum atomic E-state index is 14.1. The summed E-state index contributed by atoms with van der Waals surface area (Å²) < 4.78 is 10.9. The van der Waals surface area contributed by atoms with Crippen LogP contribution in [0, 0.1) is 13.8 Å². The van der Waals surface area contributed by atoms with Gasteiger partial charge in [-0.15, -0.1) is 0 Å². The first-order chi connectivity index (χ1) is 20.3. The molecule has 4 N–H and O–H groups in total. The molecule has 0 fully saturated rings. The molecule has 0 saturated heterocycles. The van der Waals surface area contributed by atoms with Crippen LogP contribution in [-0.4, -0.2) is 65.0 Å². The number of amides is 4. The van der Waals surface area contributed by atoms with E-state index in [0.29, 0.717) is 11.1 Å². The predicted molar refractivity (Wildman–Crippen MR) is 166 cm³/mol. The molecule has 240 valence electrons. The number of primary amides is 1. The third-order valence-electron chi connectivity index (χ3n) is 6.39. The molecule has 2 aromatic rings. The van der Waals surface area contributed by atoms with Gasteiger partial charge in [-0.25, -0.2) is 9.59 Å². The van der Waals surface area contributed by atoms with Gasteiger partial charge in [0.05, 0.1) is 6.42 Å². The van der Waals surface area contributed by atoms with Crippen molar-refractivity contribution in [3.05, 3.63) is 70.8 Å². The molecule has 0 aromatic heterocycles. The summed E-state index contributed by atoms with van der Waals surface area (Å²) in [5.41, 5.74) is 6.66. The first-order valence-electron chi connectivity index (χ1n) is 14.5. The second kappa shape index (κ2) is 14.9. The van der Waals surface area contributed by atoms with Crippen molar-refractivity contribution in [2.75, 3.05) is 7.05 Å². The average Bonchev–Trinajstić information content (AvgIpc) is 2.87. The highest BCUT2D eigenvalue weighted by atomic mass is 16.6. The average molecular weight is 611 g/mol. The van der Waals surface area contributed by atoms with Crippen LogP contribution < -0.4 is 16.4 Å². The number of likely N-dealkylation sites (N-methyl/N-ethyl adjacent to an activating group) is 1. The topological polar surface area (TPSA) is 157 Å². The van der Waals surface area contributed by atoms with E-state index in [0.717, 1.165) is 16.0 Å². The van der Waals surface area contributed by atoms with E-state index in [9.17, 15) is 24.0 Å². The van der Waals surface area contributed by atoms with E-state index in [1.165, 1.54) is 7.05 Å². The first-order valence-corrected chi connectivity index (χ1v) is 14.5. The monoisotopic (exact) mass is 610 g/mol. The number of hydrogen-bond acceptors (Lipinski definition) is 7. The van der Waals surface area contributed by atoms with Crippen LogP contribution in [0.3, 0.4) is 0 Å². The highest BCUT2D eigenvalue weighted by molar-refractivity contribution is 5.95. The van der Waals surface area contributed by atoms with E-state index >= 15 is 0 Å². The molecule has 0 heterocycles. The second-order valence-corrected chi connectivity index (χ2v) is 12.9. The number of rotatable bonds is 11. The molecule has 2 aromatic carbocycles. The van der Waals surface area contributed by atoms with Gasteiger partial charge in [0, 0.05) is 13.5 Å². The summed E-state index contributed by atoms with van der Waals surface area (Å²) in [6, 6.07) is 10.8. The van der Waals surface area contributed by atoms with Crippen LogP contribution in [0.2, 0.25) is 0 Å². The van der Waals surface area contributed by atoms with Gasteiger partial charge in [0.15, 0.2) is 0 Å². The van der Waals surface area contributed by atoms with E-state index in [2.05, 4.69) is 10.6 Å². The van der Waals surface area contributed by atoms with Crippen molar-refractivity contribution >= 4 is 29.8 Å². The smallest absolute Gasteiger partial charge is 0.408 e. The van der Waals surface area contributed by atoms with Crippen molar-refractivity contribution in [2.45, 2.75) is 97.6 Å². The van der Waals surface area contributed by atoms with Crippen LogP contribution in [0.25, 0.3) is 0 Å². The van der Waals surface area contributed by atoms with E-state index in [-0.39, 0.29) is 6.42 Å². The van der Waals surface area contributed by atoms with Gasteiger partial charge in [-0.3, -0.25) is 14.4 Å². The Morgan fingerprint density at radius 1 is 0.841 bits per heavy atom. The zero-order valence-corrected chi connectivity index (χ0v) is 27.1. The van der Waals surface area contributed by atoms with Gasteiger partial charge in [-0.1, -0.05) is 54.1 Å². The lowest BCUT2D eigenvalue weighted by Gasteiger charge is -2.33. The fraction of sp³-hybridized carbons (Fsp3) is 0.485. The lowest BCUT2D eigenvalue weighted by atomic mass is 9.96. The molecule has 11 heteroatoms. The summed E-state index contributed by atoms with van der Waals surface area (Å²) in [5, 5.41) is 5.22. The SMILES string of the molecule is Cc1ccc(C(C(=O)NC(Cc2ccccc2)C(=O)OC(C)(C)C)N(C)C(=O)C(CC(N)=O)NC(=O)OC(C)(C)C)c(C)c1. The summed E-state index contributed by atoms with van der Waals surface area (Å²) in [5.74, 6) is -2.89. The third kappa shape index (κ3) is 11.3. The number of nitrogens with two attached hydrogens (primary N) is 1. The van der Waals surface area contributed by atoms with Crippen molar-refractivity contribution in [2.24, 2.45) is 5.73 Å². The Kier molecular flexibility index (Phi) is 12.1. The molecular weight excluding hydrogens is 564 g/mol. The number of hydrogen-bond donors (Lipinski definition) is 3. The van der Waals surface area contributed by atoms with Gasteiger partial charge < -0.3 is 30.7 Å². The minimum Gasteiger partial charge on any atom is -0.458 e. The molecule has 0 aliphatic carbocycles. The van der Waals surface area contributed by atoms with E-state index in [1.54, 1.807) is 60.6 Å². The van der Waals surface area contributed by atoms with Crippen molar-refractivity contribution in [3.8, 4) is 0 Å². The molecule has 0 aliphatic rings. The van der Waals surface area contributed by atoms with Gasteiger partial charge in [0.1, 0.15) is 29.3 Å². The highest BCUT2D eigenvalue weighted by Crippen LogP contribution is 2.26. The number of aryl methyl sites for hydroxylation is 2. The molecule has 11 nitrogen and oxygen atoms in total. The number of benzene rings is 2. The van der Waals surface area contributed by atoms with Gasteiger partial charge in [0.2, 0.25) is 17.7 Å². The zero-order valence-electron chi connectivity index (χ0n) is 27.1. The van der Waals surface area contributed by atoms with Crippen LogP contribution >= 0.6 is 0 Å². The quantitative estimate of drug-likeness (QED) is 0.328. The Morgan fingerprint density at radius 3 is 1.95 bits per heavy atom. The number of nitrogens with zero attached hydrogens (tertiary/aromatic N) is 1. The Labute approximate surface area is 259 Å². The van der Waals surface area contributed by atoms with Crippen LogP contribution in [0.15, 0.2) is 48.5 Å². The summed E-state index contributed by atoms with van der Waals surface area (Å²) >= 11 is 0. The lowest BCUT2D eigenvalue weighted by molar-refractivity contribution is -0.159. The number of esters is 1. The summed E-state index contributed by atoms with van der Waals surface area (Å²) in [6.45, 7) is 13.8. The predicted octanol–water partition coefficient (Wildman–Crippen LogP) is 3.64. The van der Waals surface area contributed by atoms with E-state index in [1.807, 2.05) is 43.3 Å². The third-order valence-corrected chi connectivity index (χ3v) is 6.39. The van der Waals surface area contributed by atoms with Gasteiger partial charge in [-0.2, -0.15) is 0 Å². The molecule has 0 saturated carbocycles. The normalized spacial score (nSPS) is 13.6. The maximum Gasteiger partial charge on any atom is 0.408 e. The molecule has 0 spiro atoms. The Morgan fingerprint density at radius 2 is 1.43 bits per heavy atom. The molecule has 4 amide bonds. The van der Waals surface area contributed by atoms with E-state index in [4.69, 9.17) is 15.2 Å². The van der Waals surface area contributed by atoms with Crippen LogP contribution in [0.5, 0.6) is 0 Å². The van der Waals surface area contributed by atoms with Crippen LogP contribution in [-0.2, 0) is 35.1 Å². The Bertz CT molecular complexity index is 1350. The van der Waals surface area contributed by atoms with Gasteiger partial charge in [-0.05, 0) is 72.1 Å². The van der Waals surface area contributed by atoms with Gasteiger partial charge >= 0.3 is 12.1 Å². The van der Waals surface area contributed by atoms with Crippen molar-refractivity contribution in [1.29, 1.82) is 0 Å².